The number of hydrogen-bond acceptors (Lipinski definition) is 5. The van der Waals surface area contributed by atoms with Gasteiger partial charge in [-0.15, -0.1) is 0 Å². The minimum Gasteiger partial charge on any atom is -0.481 e. The number of benzene rings is 2. The number of amides is 3. The van der Waals surface area contributed by atoms with Gasteiger partial charge in [0.15, 0.2) is 6.61 Å². The van der Waals surface area contributed by atoms with E-state index in [0.717, 1.165) is 38.5 Å². The number of carbonyl (C=O) groups is 2. The van der Waals surface area contributed by atoms with Gasteiger partial charge in [-0.25, -0.2) is 4.79 Å². The number of rotatable bonds is 5. The van der Waals surface area contributed by atoms with Crippen LogP contribution in [0, 0.1) is 0 Å². The highest BCUT2D eigenvalue weighted by atomic mass is 16.5. The lowest BCUT2D eigenvalue weighted by Crippen LogP contribution is -2.45. The Morgan fingerprint density at radius 1 is 0.966 bits per heavy atom. The molecular weight excluding hydrogens is 372 g/mol. The Morgan fingerprint density at radius 3 is 2.52 bits per heavy atom. The second-order valence-corrected chi connectivity index (χ2v) is 6.92. The molecule has 0 aliphatic carbocycles. The minimum atomic E-state index is -0.341. The maximum absolute atomic E-state index is 12.4. The summed E-state index contributed by atoms with van der Waals surface area (Å²) in [5.41, 5.74) is 2.03. The molecule has 2 aliphatic heterocycles. The molecule has 1 saturated heterocycles. The number of para-hydroxylation sites is 1. The number of fused-ring (bicyclic) bond motifs is 1. The molecule has 0 radical (unpaired) electrons. The van der Waals surface area contributed by atoms with Crippen LogP contribution in [0.5, 0.6) is 5.75 Å². The molecule has 8 nitrogen and oxygen atoms in total. The number of anilines is 3. The van der Waals surface area contributed by atoms with E-state index in [1.807, 2.05) is 36.4 Å². The quantitative estimate of drug-likeness (QED) is 0.811. The van der Waals surface area contributed by atoms with Crippen LogP contribution in [0.15, 0.2) is 48.5 Å². The van der Waals surface area contributed by atoms with E-state index >= 15 is 0 Å². The maximum Gasteiger partial charge on any atom is 0.323 e. The lowest BCUT2D eigenvalue weighted by molar-refractivity contribution is -0.121. The fraction of sp³-hybridized carbons (Fsp3) is 0.333. The van der Waals surface area contributed by atoms with E-state index in [2.05, 4.69) is 15.5 Å². The first-order valence-corrected chi connectivity index (χ1v) is 9.69. The molecule has 2 aliphatic rings. The summed E-state index contributed by atoms with van der Waals surface area (Å²) < 4.78 is 11.0. The predicted molar refractivity (Wildman–Crippen MR) is 111 cm³/mol. The summed E-state index contributed by atoms with van der Waals surface area (Å²) in [5.74, 6) is 0.525. The Labute approximate surface area is 169 Å². The highest BCUT2D eigenvalue weighted by molar-refractivity contribution is 6.01. The van der Waals surface area contributed by atoms with Crippen LogP contribution in [0.2, 0.25) is 0 Å². The molecule has 8 heteroatoms. The zero-order valence-electron chi connectivity index (χ0n) is 16.1. The molecule has 0 saturated carbocycles. The van der Waals surface area contributed by atoms with Crippen molar-refractivity contribution in [1.82, 2.24) is 4.90 Å². The second kappa shape index (κ2) is 8.93. The van der Waals surface area contributed by atoms with Gasteiger partial charge in [0.1, 0.15) is 5.75 Å². The largest absolute Gasteiger partial charge is 0.481 e. The summed E-state index contributed by atoms with van der Waals surface area (Å²) in [7, 11) is 0. The number of nitrogens with one attached hydrogen (secondary N) is 2. The fourth-order valence-electron chi connectivity index (χ4n) is 3.41. The van der Waals surface area contributed by atoms with Crippen LogP contribution in [-0.4, -0.2) is 62.8 Å². The summed E-state index contributed by atoms with van der Waals surface area (Å²) in [6, 6.07) is 14.2. The molecule has 1 fully saturated rings. The molecule has 3 amide bonds. The highest BCUT2D eigenvalue weighted by Crippen LogP contribution is 2.34. The Bertz CT molecular complexity index is 868. The van der Waals surface area contributed by atoms with Crippen molar-refractivity contribution in [3.8, 4) is 5.75 Å². The van der Waals surface area contributed by atoms with Gasteiger partial charge in [-0.1, -0.05) is 18.2 Å². The number of ether oxygens (including phenoxy) is 2. The van der Waals surface area contributed by atoms with Gasteiger partial charge in [0.25, 0.3) is 5.91 Å². The summed E-state index contributed by atoms with van der Waals surface area (Å²) in [4.78, 5) is 28.6. The van der Waals surface area contributed by atoms with E-state index in [-0.39, 0.29) is 18.5 Å². The van der Waals surface area contributed by atoms with Crippen molar-refractivity contribution in [1.29, 1.82) is 0 Å². The van der Waals surface area contributed by atoms with Crippen molar-refractivity contribution >= 4 is 29.0 Å². The SMILES string of the molecule is O=C(Nc1ccccc1)Nc1ccc2c(c1)OCC(=O)N2CCN1CCOCC1. The van der Waals surface area contributed by atoms with Crippen LogP contribution < -0.4 is 20.3 Å². The fourth-order valence-corrected chi connectivity index (χ4v) is 3.41. The van der Waals surface area contributed by atoms with Crippen LogP contribution in [-0.2, 0) is 9.53 Å². The van der Waals surface area contributed by atoms with Gasteiger partial charge < -0.3 is 25.0 Å². The number of morpholine rings is 1. The molecule has 2 aromatic carbocycles. The predicted octanol–water partition coefficient (Wildman–Crippen LogP) is 2.39. The summed E-state index contributed by atoms with van der Waals surface area (Å²) in [6.07, 6.45) is 0. The third-order valence-electron chi connectivity index (χ3n) is 4.94. The molecule has 0 unspecified atom stereocenters. The molecule has 152 valence electrons. The second-order valence-electron chi connectivity index (χ2n) is 6.92. The number of hydrogen-bond donors (Lipinski definition) is 2. The normalized spacial score (nSPS) is 16.7. The lowest BCUT2D eigenvalue weighted by atomic mass is 10.2. The summed E-state index contributed by atoms with van der Waals surface area (Å²) in [6.45, 7) is 4.59. The van der Waals surface area contributed by atoms with Crippen molar-refractivity contribution in [3.05, 3.63) is 48.5 Å². The molecule has 0 aromatic heterocycles. The van der Waals surface area contributed by atoms with Crippen LogP contribution in [0.25, 0.3) is 0 Å². The third-order valence-corrected chi connectivity index (χ3v) is 4.94. The van der Waals surface area contributed by atoms with Crippen molar-refractivity contribution in [2.45, 2.75) is 0 Å². The van der Waals surface area contributed by atoms with E-state index in [1.165, 1.54) is 0 Å². The average Bonchev–Trinajstić information content (AvgIpc) is 2.74. The topological polar surface area (TPSA) is 83.1 Å². The van der Waals surface area contributed by atoms with Crippen LogP contribution in [0.3, 0.4) is 0 Å². The van der Waals surface area contributed by atoms with E-state index in [4.69, 9.17) is 9.47 Å². The van der Waals surface area contributed by atoms with Gasteiger partial charge in [-0.3, -0.25) is 9.69 Å². The lowest BCUT2D eigenvalue weighted by Gasteiger charge is -2.33. The van der Waals surface area contributed by atoms with Crippen molar-refractivity contribution in [2.24, 2.45) is 0 Å². The Morgan fingerprint density at radius 2 is 1.72 bits per heavy atom. The molecule has 2 aromatic rings. The Kier molecular flexibility index (Phi) is 5.92. The first kappa shape index (κ1) is 19.2. The molecular formula is C21H24N4O4. The molecule has 0 bridgehead atoms. The van der Waals surface area contributed by atoms with Crippen molar-refractivity contribution in [3.63, 3.8) is 0 Å². The third kappa shape index (κ3) is 4.85. The summed E-state index contributed by atoms with van der Waals surface area (Å²) >= 11 is 0. The van der Waals surface area contributed by atoms with E-state index < -0.39 is 0 Å². The zero-order chi connectivity index (χ0) is 20.1. The van der Waals surface area contributed by atoms with E-state index in [1.54, 1.807) is 17.0 Å². The minimum absolute atomic E-state index is 0.00419. The number of urea groups is 1. The monoisotopic (exact) mass is 396 g/mol. The van der Waals surface area contributed by atoms with Gasteiger partial charge >= 0.3 is 6.03 Å². The number of carbonyl (C=O) groups excluding carboxylic acids is 2. The van der Waals surface area contributed by atoms with Gasteiger partial charge in [0, 0.05) is 43.6 Å². The smallest absolute Gasteiger partial charge is 0.323 e. The Balaban J connectivity index is 1.40. The molecule has 29 heavy (non-hydrogen) atoms. The molecule has 0 atom stereocenters. The molecule has 4 rings (SSSR count). The van der Waals surface area contributed by atoms with Gasteiger partial charge in [-0.2, -0.15) is 0 Å². The molecule has 0 spiro atoms. The van der Waals surface area contributed by atoms with Gasteiger partial charge in [0.05, 0.1) is 18.9 Å². The maximum atomic E-state index is 12.4. The van der Waals surface area contributed by atoms with Crippen LogP contribution in [0.1, 0.15) is 0 Å². The van der Waals surface area contributed by atoms with Gasteiger partial charge in [0.2, 0.25) is 0 Å². The van der Waals surface area contributed by atoms with Crippen molar-refractivity contribution < 1.29 is 19.1 Å². The highest BCUT2D eigenvalue weighted by Gasteiger charge is 2.26. The summed E-state index contributed by atoms with van der Waals surface area (Å²) in [5, 5.41) is 5.57. The molecule has 2 heterocycles. The Hall–Kier alpha value is -3.10. The standard InChI is InChI=1S/C21H24N4O4/c26-20-15-29-19-14-17(23-21(27)22-16-4-2-1-3-5-16)6-7-18(19)25(20)9-8-24-10-12-28-13-11-24/h1-7,14H,8-13,15H2,(H2,22,23,27). The van der Waals surface area contributed by atoms with Crippen LogP contribution in [0.4, 0.5) is 21.9 Å². The van der Waals surface area contributed by atoms with E-state index in [9.17, 15) is 9.59 Å². The van der Waals surface area contributed by atoms with Crippen LogP contribution >= 0.6 is 0 Å². The van der Waals surface area contributed by atoms with Crippen molar-refractivity contribution in [2.75, 3.05) is 61.5 Å². The number of nitrogens with zero attached hydrogens (tertiary/aromatic N) is 2. The van der Waals surface area contributed by atoms with E-state index in [0.29, 0.717) is 23.7 Å². The molecule has 2 N–H and O–H groups in total. The first-order valence-electron chi connectivity index (χ1n) is 9.69. The van der Waals surface area contributed by atoms with Gasteiger partial charge in [-0.05, 0) is 24.3 Å². The first-order chi connectivity index (χ1) is 14.2. The zero-order valence-corrected chi connectivity index (χ0v) is 16.1. The average molecular weight is 396 g/mol.